The van der Waals surface area contributed by atoms with Gasteiger partial charge in [0.25, 0.3) is 0 Å². The van der Waals surface area contributed by atoms with Gasteiger partial charge in [0.15, 0.2) is 0 Å². The first-order valence-electron chi connectivity index (χ1n) is 3.92. The molecule has 0 radical (unpaired) electrons. The molecular weight excluding hydrogens is 263 g/mol. The summed E-state index contributed by atoms with van der Waals surface area (Å²) in [5.41, 5.74) is 0. The Hall–Kier alpha value is 1.71. The van der Waals surface area contributed by atoms with Gasteiger partial charge in [0.2, 0.25) is 0 Å². The topological polar surface area (TPSA) is 0 Å². The highest BCUT2D eigenvalue weighted by Crippen LogP contribution is 2.21. The van der Waals surface area contributed by atoms with Crippen LogP contribution in [0.25, 0.3) is 0 Å². The van der Waals surface area contributed by atoms with E-state index in [1.54, 1.807) is 4.17 Å². The van der Waals surface area contributed by atoms with Gasteiger partial charge in [-0.15, -0.1) is 27.5 Å². The summed E-state index contributed by atoms with van der Waals surface area (Å²) in [6.07, 6.45) is 0. The van der Waals surface area contributed by atoms with Crippen molar-refractivity contribution in [2.75, 3.05) is 0 Å². The normalized spacial score (nSPS) is 10.6. The highest BCUT2D eigenvalue weighted by Gasteiger charge is 2.14. The van der Waals surface area contributed by atoms with E-state index in [0.717, 1.165) is 0 Å². The Balaban J connectivity index is 0. The van der Waals surface area contributed by atoms with Crippen molar-refractivity contribution in [1.29, 1.82) is 0 Å². The van der Waals surface area contributed by atoms with Crippen LogP contribution >= 0.6 is 24.0 Å². The molecule has 0 aliphatic rings. The van der Waals surface area contributed by atoms with Crippen LogP contribution in [0, 0.1) is 0 Å². The van der Waals surface area contributed by atoms with Crippen LogP contribution in [0.4, 0.5) is 0 Å². The third-order valence-electron chi connectivity index (χ3n) is 1.47. The lowest BCUT2D eigenvalue weighted by Gasteiger charge is -2.16. The zero-order chi connectivity index (χ0) is 7.49. The maximum atomic E-state index is 2.46. The molecule has 0 nitrogen and oxygen atoms in total. The molecule has 0 aromatic heterocycles. The molecule has 10 heavy (non-hydrogen) atoms. The zero-order valence-corrected chi connectivity index (χ0v) is 12.8. The summed E-state index contributed by atoms with van der Waals surface area (Å²) in [5.74, 6) is 0. The predicted octanol–water partition coefficient (Wildman–Crippen LogP) is 2.97. The van der Waals surface area contributed by atoms with Crippen molar-refractivity contribution in [2.24, 2.45) is 0 Å². The minimum Gasteiger partial charge on any atom is -0.151 e. The molecule has 3 heteroatoms. The van der Waals surface area contributed by atoms with Gasteiger partial charge in [-0.3, -0.25) is 0 Å². The molecule has 60 valence electrons. The first-order chi connectivity index (χ1) is 3.92. The summed E-state index contributed by atoms with van der Waals surface area (Å²) in [6, 6.07) is 0. The van der Waals surface area contributed by atoms with E-state index in [1.165, 1.54) is 0 Å². The zero-order valence-electron chi connectivity index (χ0n) is 7.90. The maximum absolute atomic E-state index is 2.46. The molecule has 0 unspecified atom stereocenters. The fourth-order valence-electron chi connectivity index (χ4n) is 0.722. The maximum Gasteiger partial charge on any atom is 0.368 e. The minimum absolute atomic E-state index is 0. The van der Waals surface area contributed by atoms with Crippen molar-refractivity contribution in [3.63, 3.8) is 0 Å². The van der Waals surface area contributed by atoms with Crippen molar-refractivity contribution in [3.8, 4) is 0 Å². The molecule has 0 aliphatic heterocycles. The molecule has 0 rings (SSSR count). The second-order valence-electron chi connectivity index (χ2n) is 4.49. The van der Waals surface area contributed by atoms with E-state index >= 15 is 0 Å². The van der Waals surface area contributed by atoms with Crippen LogP contribution in [-0.4, -0.2) is 29.2 Å². The summed E-state index contributed by atoms with van der Waals surface area (Å²) >= 11 is 0.264. The second kappa shape index (κ2) is 6.25. The highest BCUT2D eigenvalue weighted by molar-refractivity contribution is 14.0. The van der Waals surface area contributed by atoms with E-state index in [2.05, 4.69) is 33.9 Å². The van der Waals surface area contributed by atoms with E-state index < -0.39 is 0 Å². The van der Waals surface area contributed by atoms with E-state index in [1.807, 2.05) is 0 Å². The number of rotatable bonds is 2. The molecule has 0 saturated heterocycles. The first kappa shape index (κ1) is 14.2. The average Bonchev–Trinajstić information content (AvgIpc) is 1.59. The standard InChI is InChI=1S/C4H9.C3H9Si.HI.Mg/c2*1-4(2)3;;/h1-3H3;4H,1H2,2-3H3;1H;. The van der Waals surface area contributed by atoms with Gasteiger partial charge in [-0.1, -0.05) is 33.9 Å². The molecule has 0 heterocycles. The Bertz CT molecular complexity index is 78.2. The predicted molar refractivity (Wildman–Crippen MR) is 64.6 cm³/mol. The fraction of sp³-hybridized carbons (Fsp3) is 1.00. The summed E-state index contributed by atoms with van der Waals surface area (Å²) in [5, 5.41) is 0. The molecule has 0 aromatic carbocycles. The van der Waals surface area contributed by atoms with E-state index in [0.29, 0.717) is 3.54 Å². The van der Waals surface area contributed by atoms with Crippen molar-refractivity contribution < 1.29 is 0 Å². The number of hydrogen-bond acceptors (Lipinski definition) is 0. The third kappa shape index (κ3) is 12.4. The molecule has 0 aromatic rings. The van der Waals surface area contributed by atoms with Crippen molar-refractivity contribution >= 4 is 53.1 Å². The molecule has 0 saturated carbocycles. The monoisotopic (exact) mass is 282 g/mol. The van der Waals surface area contributed by atoms with Crippen LogP contribution in [0.5, 0.6) is 0 Å². The largest absolute Gasteiger partial charge is 0.368 e. The molecule has 0 N–H and O–H groups in total. The fourth-order valence-corrected chi connectivity index (χ4v) is 6.50. The molecule has 0 spiro atoms. The quantitative estimate of drug-likeness (QED) is 0.539. The van der Waals surface area contributed by atoms with E-state index in [9.17, 15) is 0 Å². The number of halogens is 1. The highest BCUT2D eigenvalue weighted by atomic mass is 127. The van der Waals surface area contributed by atoms with Gasteiger partial charge in [-0.25, -0.2) is 0 Å². The third-order valence-corrected chi connectivity index (χ3v) is 8.75. The molecular formula is C7H19IMgSi. The van der Waals surface area contributed by atoms with E-state index in [-0.39, 0.29) is 53.1 Å². The Morgan fingerprint density at radius 3 is 1.70 bits per heavy atom. The smallest absolute Gasteiger partial charge is 0.151 e. The van der Waals surface area contributed by atoms with Crippen molar-refractivity contribution in [2.45, 2.75) is 41.6 Å². The van der Waals surface area contributed by atoms with Crippen LogP contribution in [0.3, 0.4) is 0 Å². The Morgan fingerprint density at radius 2 is 1.60 bits per heavy atom. The SMILES string of the molecule is C[SiH](C)[CH2][Mg][C](C)(C)C.I. The van der Waals surface area contributed by atoms with Gasteiger partial charge in [-0.05, 0) is 0 Å². The molecule has 0 aliphatic carbocycles. The van der Waals surface area contributed by atoms with Gasteiger partial charge >= 0.3 is 20.4 Å². The van der Waals surface area contributed by atoms with Crippen molar-refractivity contribution in [1.82, 2.24) is 0 Å². The summed E-state index contributed by atoms with van der Waals surface area (Å²) in [6.45, 7) is 12.1. The van der Waals surface area contributed by atoms with E-state index in [4.69, 9.17) is 0 Å². The van der Waals surface area contributed by atoms with Gasteiger partial charge in [0.1, 0.15) is 0 Å². The van der Waals surface area contributed by atoms with Gasteiger partial charge in [-0.2, -0.15) is 4.17 Å². The summed E-state index contributed by atoms with van der Waals surface area (Å²) in [7, 11) is -0.209. The summed E-state index contributed by atoms with van der Waals surface area (Å²) in [4.78, 5) is 0. The van der Waals surface area contributed by atoms with Gasteiger partial charge < -0.3 is 0 Å². The second-order valence-corrected chi connectivity index (χ2v) is 12.2. The summed E-state index contributed by atoms with van der Waals surface area (Å²) < 4.78 is 2.35. The average molecular weight is 283 g/mol. The lowest BCUT2D eigenvalue weighted by Crippen LogP contribution is -2.14. The first-order valence-corrected chi connectivity index (χ1v) is 8.75. The van der Waals surface area contributed by atoms with Crippen LogP contribution in [-0.2, 0) is 0 Å². The molecule has 0 bridgehead atoms. The lowest BCUT2D eigenvalue weighted by atomic mass is 10.2. The van der Waals surface area contributed by atoms with Crippen LogP contribution in [0.1, 0.15) is 20.8 Å². The van der Waals surface area contributed by atoms with Gasteiger partial charge in [0, 0.05) is 8.80 Å². The minimum atomic E-state index is -0.209. The lowest BCUT2D eigenvalue weighted by molar-refractivity contribution is 0.754. The molecule has 0 fully saturated rings. The Kier molecular flexibility index (Phi) is 8.91. The van der Waals surface area contributed by atoms with Gasteiger partial charge in [0.05, 0.1) is 0 Å². The van der Waals surface area contributed by atoms with Crippen LogP contribution in [0.2, 0.25) is 20.8 Å². The Labute approximate surface area is 93.9 Å². The molecule has 0 amide bonds. The van der Waals surface area contributed by atoms with Crippen LogP contribution < -0.4 is 0 Å². The van der Waals surface area contributed by atoms with Crippen LogP contribution in [0.15, 0.2) is 0 Å². The number of hydrogen-bond donors (Lipinski definition) is 0. The van der Waals surface area contributed by atoms with Crippen molar-refractivity contribution in [3.05, 3.63) is 0 Å². The molecule has 0 atom stereocenters. The Morgan fingerprint density at radius 1 is 1.20 bits per heavy atom.